The zero-order valence-electron chi connectivity index (χ0n) is 55.9. The first kappa shape index (κ1) is 73.1. The molecule has 0 amide bonds. The predicted octanol–water partition coefficient (Wildman–Crippen LogP) is 16.4. The molecule has 1 heterocycles. The summed E-state index contributed by atoms with van der Waals surface area (Å²) in [4.78, 5) is 90.8. The number of unbranched alkanes of at least 4 members (excludes halogenated alkanes) is 9. The quantitative estimate of drug-likeness (QED) is 0.00508. The normalized spacial score (nSPS) is 16.0. The third-order valence-electron chi connectivity index (χ3n) is 17.4. The largest absolute Gasteiger partial charge is 0.494 e. The molecule has 520 valence electrons. The molecule has 0 unspecified atom stereocenters. The Morgan fingerprint density at radius 2 is 1.02 bits per heavy atom. The Bertz CT molecular complexity index is 3630. The van der Waals surface area contributed by atoms with E-state index in [-0.39, 0.29) is 54.6 Å². The number of rotatable bonds is 42. The van der Waals surface area contributed by atoms with Gasteiger partial charge in [0.2, 0.25) is 5.13 Å². The van der Waals surface area contributed by atoms with Gasteiger partial charge in [0.15, 0.2) is 11.5 Å². The minimum Gasteiger partial charge on any atom is -0.494 e. The van der Waals surface area contributed by atoms with Crippen molar-refractivity contribution in [3.05, 3.63) is 170 Å². The molecular formula is C78H91N3O16S. The highest BCUT2D eigenvalue weighted by molar-refractivity contribution is 7.22. The number of thiazole rings is 1. The van der Waals surface area contributed by atoms with Crippen molar-refractivity contribution in [3.63, 3.8) is 0 Å². The van der Waals surface area contributed by atoms with E-state index in [0.29, 0.717) is 111 Å². The fourth-order valence-corrected chi connectivity index (χ4v) is 12.7. The van der Waals surface area contributed by atoms with Gasteiger partial charge in [0.05, 0.1) is 80.9 Å². The Kier molecular flexibility index (Phi) is 30.3. The number of hydrazone groups is 1. The fourth-order valence-electron chi connectivity index (χ4n) is 11.7. The number of para-hydroxylation sites is 1. The highest BCUT2D eigenvalue weighted by atomic mass is 32.1. The lowest BCUT2D eigenvalue weighted by Gasteiger charge is -2.27. The molecule has 2 saturated carbocycles. The summed E-state index contributed by atoms with van der Waals surface area (Å²) in [5, 5.41) is 9.77. The summed E-state index contributed by atoms with van der Waals surface area (Å²) in [6.45, 7) is 10.3. The van der Waals surface area contributed by atoms with Crippen LogP contribution in [0.15, 0.2) is 164 Å². The second-order valence-electron chi connectivity index (χ2n) is 24.7. The van der Waals surface area contributed by atoms with Gasteiger partial charge in [-0.05, 0) is 229 Å². The Balaban J connectivity index is 0.754. The monoisotopic (exact) mass is 1360 g/mol. The van der Waals surface area contributed by atoms with Gasteiger partial charge < -0.3 is 42.9 Å². The summed E-state index contributed by atoms with van der Waals surface area (Å²) in [5.74, 6) is 1.32. The van der Waals surface area contributed by atoms with Gasteiger partial charge in [-0.25, -0.2) is 19.6 Å². The van der Waals surface area contributed by atoms with E-state index in [0.717, 1.165) is 141 Å². The molecule has 6 aromatic carbocycles. The van der Waals surface area contributed by atoms with Crippen LogP contribution in [0, 0.1) is 23.7 Å². The number of hydrogen-bond acceptors (Lipinski definition) is 20. The summed E-state index contributed by atoms with van der Waals surface area (Å²) in [5.41, 5.74) is 2.33. The van der Waals surface area contributed by atoms with E-state index in [1.54, 1.807) is 72.1 Å². The molecular weight excluding hydrogens is 1270 g/mol. The van der Waals surface area contributed by atoms with Crippen LogP contribution in [0.5, 0.6) is 34.5 Å². The maximum absolute atomic E-state index is 13.9. The molecule has 98 heavy (non-hydrogen) atoms. The maximum atomic E-state index is 13.9. The number of esters is 5. The van der Waals surface area contributed by atoms with Crippen molar-refractivity contribution in [1.29, 1.82) is 0 Å². The van der Waals surface area contributed by atoms with Crippen molar-refractivity contribution in [2.45, 2.75) is 135 Å². The third kappa shape index (κ3) is 24.8. The Hall–Kier alpha value is -9.11. The number of hydrogen-bond donors (Lipinski definition) is 0. The molecule has 2 fully saturated rings. The molecule has 1 aromatic heterocycles. The molecule has 20 heteroatoms. The van der Waals surface area contributed by atoms with Gasteiger partial charge in [0.25, 0.3) is 0 Å². The first-order chi connectivity index (χ1) is 48.0. The number of ether oxygens (including phenoxy) is 7. The van der Waals surface area contributed by atoms with Crippen LogP contribution < -0.4 is 33.7 Å². The summed E-state index contributed by atoms with van der Waals surface area (Å²) in [6.07, 6.45) is 20.1. The molecule has 0 radical (unpaired) electrons. The minimum atomic E-state index is -0.406. The smallest absolute Gasteiger partial charge is 0.330 e. The molecule has 0 atom stereocenters. The Labute approximate surface area is 578 Å². The Morgan fingerprint density at radius 1 is 0.510 bits per heavy atom. The zero-order chi connectivity index (χ0) is 68.4. The van der Waals surface area contributed by atoms with Crippen LogP contribution in [0.1, 0.15) is 140 Å². The van der Waals surface area contributed by atoms with Crippen molar-refractivity contribution in [2.75, 3.05) is 57.8 Å². The van der Waals surface area contributed by atoms with E-state index in [9.17, 15) is 24.0 Å². The maximum Gasteiger partial charge on any atom is 0.330 e. The van der Waals surface area contributed by atoms with Crippen LogP contribution in [-0.2, 0) is 54.4 Å². The van der Waals surface area contributed by atoms with Crippen LogP contribution in [0.2, 0.25) is 0 Å². The SMILES string of the molecule is C=CC(=O)OCCCCCCOc1ccc(OOCC2CCC(C(=O)Oc3ccc(OOCC4CCC(C(=O)Oc5ccc(OCCCCCCOC(=O)C=C)cc5)CC4)c(/C=N/N(CCCCCCOC(=O)Cc4cccc5ccccc45)c4nc5ccccc5s4)c3)CC2)cc1. The average molecular weight is 1360 g/mol. The molecule has 0 saturated heterocycles. The van der Waals surface area contributed by atoms with Gasteiger partial charge in [-0.15, -0.1) is 0 Å². The first-order valence-electron chi connectivity index (χ1n) is 34.6. The van der Waals surface area contributed by atoms with Gasteiger partial charge in [-0.2, -0.15) is 14.9 Å². The van der Waals surface area contributed by atoms with Gasteiger partial charge in [-0.3, -0.25) is 14.4 Å². The van der Waals surface area contributed by atoms with Crippen LogP contribution >= 0.6 is 11.3 Å². The number of aromatic nitrogens is 1. The highest BCUT2D eigenvalue weighted by Gasteiger charge is 2.30. The standard InChI is InChI=1S/C78H91N3O16S/c1-3-73(82)89-49-19-9-7-16-47-87-64-36-40-66(41-37-64)94-76(85)60-32-30-58(31-33-60)56-93-97-71-45-44-68(95-77(86)61-34-28-57(29-35-61)55-92-96-67-42-38-65(39-43-67)88-48-17-8-10-20-50-90-74(83)4-2)52-63(71)54-79-81(78-80-70-26-13-14-27-72(70)98-78)46-15-5-6-18-51-91-75(84)53-62-24-21-23-59-22-11-12-25-69(59)62/h3-4,11-14,21-27,36-45,52,54,57-58,60-61H,1-2,5-10,15-20,28-35,46-51,53,55-56H2/b79-54+. The molecule has 2 aliphatic carbocycles. The minimum absolute atomic E-state index is 0.134. The van der Waals surface area contributed by atoms with Gasteiger partial charge in [0.1, 0.15) is 23.0 Å². The van der Waals surface area contributed by atoms with E-state index in [2.05, 4.69) is 13.2 Å². The summed E-state index contributed by atoms with van der Waals surface area (Å²) < 4.78 is 40.4. The topological polar surface area (TPSA) is 215 Å². The number of carbonyl (C=O) groups is 5. The fraction of sp³-hybridized carbons (Fsp3) is 0.423. The number of nitrogens with zero attached hydrogens (tertiary/aromatic N) is 3. The van der Waals surface area contributed by atoms with E-state index in [1.807, 2.05) is 83.9 Å². The van der Waals surface area contributed by atoms with Crippen LogP contribution in [-0.4, -0.2) is 93.8 Å². The van der Waals surface area contributed by atoms with Crippen molar-refractivity contribution < 1.29 is 76.7 Å². The first-order valence-corrected chi connectivity index (χ1v) is 35.4. The van der Waals surface area contributed by atoms with Crippen molar-refractivity contribution in [3.8, 4) is 34.5 Å². The van der Waals surface area contributed by atoms with Crippen LogP contribution in [0.3, 0.4) is 0 Å². The van der Waals surface area contributed by atoms with Gasteiger partial charge in [0, 0.05) is 24.3 Å². The lowest BCUT2D eigenvalue weighted by molar-refractivity contribution is -0.218. The van der Waals surface area contributed by atoms with E-state index >= 15 is 0 Å². The predicted molar refractivity (Wildman–Crippen MR) is 377 cm³/mol. The second kappa shape index (κ2) is 40.6. The highest BCUT2D eigenvalue weighted by Crippen LogP contribution is 2.35. The van der Waals surface area contributed by atoms with Gasteiger partial charge >= 0.3 is 29.8 Å². The third-order valence-corrected chi connectivity index (χ3v) is 18.4. The van der Waals surface area contributed by atoms with Crippen LogP contribution in [0.25, 0.3) is 21.0 Å². The molecule has 9 rings (SSSR count). The van der Waals surface area contributed by atoms with E-state index < -0.39 is 11.9 Å². The number of anilines is 1. The zero-order valence-corrected chi connectivity index (χ0v) is 56.8. The molecule has 0 bridgehead atoms. The Morgan fingerprint density at radius 3 is 1.63 bits per heavy atom. The van der Waals surface area contributed by atoms with E-state index in [1.165, 1.54) is 6.08 Å². The van der Waals surface area contributed by atoms with Crippen molar-refractivity contribution in [1.82, 2.24) is 4.98 Å². The molecule has 19 nitrogen and oxygen atoms in total. The number of fused-ring (bicyclic) bond motifs is 2. The van der Waals surface area contributed by atoms with E-state index in [4.69, 9.17) is 62.8 Å². The molecule has 0 aliphatic heterocycles. The van der Waals surface area contributed by atoms with Crippen LogP contribution in [0.4, 0.5) is 5.13 Å². The second-order valence-corrected chi connectivity index (χ2v) is 25.7. The number of carbonyl (C=O) groups excluding carboxylic acids is 5. The summed E-state index contributed by atoms with van der Waals surface area (Å²) >= 11 is 1.54. The molecule has 0 N–H and O–H groups in total. The average Bonchev–Trinajstić information content (AvgIpc) is 1.57. The lowest BCUT2D eigenvalue weighted by Crippen LogP contribution is -2.27. The molecule has 0 spiro atoms. The van der Waals surface area contributed by atoms with Crippen molar-refractivity contribution in [2.24, 2.45) is 28.8 Å². The lowest BCUT2D eigenvalue weighted by atomic mass is 9.82. The summed E-state index contributed by atoms with van der Waals surface area (Å²) in [7, 11) is 0. The molecule has 7 aromatic rings. The van der Waals surface area contributed by atoms with Gasteiger partial charge in [-0.1, -0.05) is 85.5 Å². The van der Waals surface area contributed by atoms with Crippen molar-refractivity contribution >= 4 is 73.5 Å². The molecule has 2 aliphatic rings. The summed E-state index contributed by atoms with van der Waals surface area (Å²) in [6, 6.07) is 41.5. The number of benzene rings is 6.